The topological polar surface area (TPSA) is 91.6 Å². The van der Waals surface area contributed by atoms with E-state index in [9.17, 15) is 22.8 Å². The van der Waals surface area contributed by atoms with Gasteiger partial charge in [0, 0.05) is 43.6 Å². The van der Waals surface area contributed by atoms with Crippen LogP contribution in [0.2, 0.25) is 0 Å². The summed E-state index contributed by atoms with van der Waals surface area (Å²) >= 11 is 0. The molecule has 1 saturated heterocycles. The molecule has 0 saturated carbocycles. The number of halogens is 3. The molecule has 2 heterocycles. The first-order valence-electron chi connectivity index (χ1n) is 8.48. The van der Waals surface area contributed by atoms with Crippen LogP contribution in [-0.4, -0.2) is 48.0 Å². The van der Waals surface area contributed by atoms with Crippen molar-refractivity contribution in [3.8, 4) is 0 Å². The van der Waals surface area contributed by atoms with Crippen LogP contribution in [0.4, 0.5) is 29.5 Å². The van der Waals surface area contributed by atoms with E-state index >= 15 is 0 Å². The molecule has 0 radical (unpaired) electrons. The Morgan fingerprint density at radius 3 is 2.36 bits per heavy atom. The number of piperazine rings is 1. The van der Waals surface area contributed by atoms with Crippen LogP contribution >= 0.6 is 0 Å². The normalized spacial score (nSPS) is 14.7. The van der Waals surface area contributed by atoms with Crippen molar-refractivity contribution in [2.45, 2.75) is 6.18 Å². The van der Waals surface area contributed by atoms with E-state index < -0.39 is 17.8 Å². The van der Waals surface area contributed by atoms with Gasteiger partial charge in [-0.05, 0) is 30.3 Å². The number of hydrogen-bond acceptors (Lipinski definition) is 4. The van der Waals surface area contributed by atoms with E-state index in [-0.39, 0.29) is 5.91 Å². The average molecular weight is 393 g/mol. The highest BCUT2D eigenvalue weighted by Crippen LogP contribution is 2.29. The smallest absolute Gasteiger partial charge is 0.353 e. The standard InChI is InChI=1S/C18H18F3N5O2/c19-18(20,21)13-4-5-15(23-11-13)25-6-8-26(9-7-25)16(27)12-2-1-3-14(10-12)24-17(22)28/h1-5,10-11H,6-9H2,(H3,22,24,28). The molecule has 3 rings (SSSR count). The van der Waals surface area contributed by atoms with Crippen LogP contribution in [0.3, 0.4) is 0 Å². The van der Waals surface area contributed by atoms with Gasteiger partial charge in [-0.1, -0.05) is 6.07 Å². The number of aromatic nitrogens is 1. The number of hydrogen-bond donors (Lipinski definition) is 2. The van der Waals surface area contributed by atoms with Gasteiger partial charge in [-0.3, -0.25) is 4.79 Å². The average Bonchev–Trinajstić information content (AvgIpc) is 2.67. The Labute approximate surface area is 158 Å². The fourth-order valence-corrected chi connectivity index (χ4v) is 2.93. The van der Waals surface area contributed by atoms with Crippen molar-refractivity contribution in [3.63, 3.8) is 0 Å². The monoisotopic (exact) mass is 393 g/mol. The Morgan fingerprint density at radius 1 is 1.07 bits per heavy atom. The van der Waals surface area contributed by atoms with Crippen molar-refractivity contribution < 1.29 is 22.8 Å². The highest BCUT2D eigenvalue weighted by Gasteiger charge is 2.31. The van der Waals surface area contributed by atoms with Gasteiger partial charge in [0.05, 0.1) is 5.56 Å². The van der Waals surface area contributed by atoms with Crippen LogP contribution in [0.1, 0.15) is 15.9 Å². The molecule has 0 spiro atoms. The number of carbonyl (C=O) groups excluding carboxylic acids is 2. The van der Waals surface area contributed by atoms with Crippen LogP contribution in [0.5, 0.6) is 0 Å². The van der Waals surface area contributed by atoms with E-state index in [1.165, 1.54) is 12.1 Å². The molecule has 2 aromatic rings. The molecule has 3 N–H and O–H groups in total. The summed E-state index contributed by atoms with van der Waals surface area (Å²) in [5, 5.41) is 2.42. The Hall–Kier alpha value is -3.30. The lowest BCUT2D eigenvalue weighted by Gasteiger charge is -2.35. The molecule has 1 aromatic heterocycles. The minimum absolute atomic E-state index is 0.201. The van der Waals surface area contributed by atoms with Crippen LogP contribution in [0, 0.1) is 0 Å². The number of nitrogens with zero attached hydrogens (tertiary/aromatic N) is 3. The number of pyridine rings is 1. The van der Waals surface area contributed by atoms with Crippen molar-refractivity contribution >= 4 is 23.4 Å². The molecule has 0 aliphatic carbocycles. The molecule has 0 atom stereocenters. The van der Waals surface area contributed by atoms with Crippen LogP contribution < -0.4 is 16.0 Å². The highest BCUT2D eigenvalue weighted by molar-refractivity contribution is 5.96. The fraction of sp³-hybridized carbons (Fsp3) is 0.278. The number of benzene rings is 1. The molecule has 148 valence electrons. The molecule has 0 unspecified atom stereocenters. The number of amides is 3. The third kappa shape index (κ3) is 4.51. The number of urea groups is 1. The molecule has 3 amide bonds. The first kappa shape index (κ1) is 19.5. The summed E-state index contributed by atoms with van der Waals surface area (Å²) in [6.45, 7) is 1.69. The number of rotatable bonds is 3. The Bertz CT molecular complexity index is 862. The van der Waals surface area contributed by atoms with Crippen molar-refractivity contribution in [3.05, 3.63) is 53.7 Å². The van der Waals surface area contributed by atoms with E-state index in [4.69, 9.17) is 5.73 Å². The molecule has 28 heavy (non-hydrogen) atoms. The summed E-state index contributed by atoms with van der Waals surface area (Å²) in [5.41, 5.74) is 5.11. The van der Waals surface area contributed by atoms with Crippen molar-refractivity contribution in [1.82, 2.24) is 9.88 Å². The maximum atomic E-state index is 12.7. The molecule has 1 aromatic carbocycles. The molecule has 7 nitrogen and oxygen atoms in total. The molecule has 10 heteroatoms. The Balaban J connectivity index is 1.62. The lowest BCUT2D eigenvalue weighted by Crippen LogP contribution is -2.49. The maximum Gasteiger partial charge on any atom is 0.417 e. The molecular formula is C18H18F3N5O2. The second-order valence-electron chi connectivity index (χ2n) is 6.25. The minimum atomic E-state index is -4.42. The Morgan fingerprint density at radius 2 is 1.79 bits per heavy atom. The first-order chi connectivity index (χ1) is 13.2. The van der Waals surface area contributed by atoms with Gasteiger partial charge in [-0.25, -0.2) is 9.78 Å². The van der Waals surface area contributed by atoms with Gasteiger partial charge in [0.15, 0.2) is 0 Å². The van der Waals surface area contributed by atoms with Crippen molar-refractivity contribution in [2.75, 3.05) is 36.4 Å². The zero-order valence-electron chi connectivity index (χ0n) is 14.7. The number of nitrogens with one attached hydrogen (secondary N) is 1. The number of anilines is 2. The van der Waals surface area contributed by atoms with E-state index in [0.717, 1.165) is 12.3 Å². The van der Waals surface area contributed by atoms with E-state index in [2.05, 4.69) is 10.3 Å². The predicted molar refractivity (Wildman–Crippen MR) is 97.0 cm³/mol. The highest BCUT2D eigenvalue weighted by atomic mass is 19.4. The summed E-state index contributed by atoms with van der Waals surface area (Å²) in [6.07, 6.45) is -3.61. The third-order valence-corrected chi connectivity index (χ3v) is 4.34. The van der Waals surface area contributed by atoms with Crippen LogP contribution in [0.15, 0.2) is 42.6 Å². The number of primary amides is 1. The van der Waals surface area contributed by atoms with E-state index in [1.54, 1.807) is 23.1 Å². The summed E-state index contributed by atoms with van der Waals surface area (Å²) < 4.78 is 37.9. The summed E-state index contributed by atoms with van der Waals surface area (Å²) in [5.74, 6) is 0.237. The minimum Gasteiger partial charge on any atom is -0.353 e. The number of nitrogens with two attached hydrogens (primary N) is 1. The fourth-order valence-electron chi connectivity index (χ4n) is 2.93. The van der Waals surface area contributed by atoms with Gasteiger partial charge in [0.25, 0.3) is 5.91 Å². The zero-order valence-corrected chi connectivity index (χ0v) is 14.7. The molecule has 1 aliphatic rings. The second kappa shape index (κ2) is 7.75. The van der Waals surface area contributed by atoms with Crippen molar-refractivity contribution in [1.29, 1.82) is 0 Å². The van der Waals surface area contributed by atoms with E-state index in [0.29, 0.717) is 43.2 Å². The lowest BCUT2D eigenvalue weighted by atomic mass is 10.1. The van der Waals surface area contributed by atoms with Gasteiger partial charge in [0.1, 0.15) is 5.82 Å². The molecule has 0 bridgehead atoms. The van der Waals surface area contributed by atoms with Gasteiger partial charge >= 0.3 is 12.2 Å². The second-order valence-corrected chi connectivity index (χ2v) is 6.25. The molecule has 1 aliphatic heterocycles. The first-order valence-corrected chi connectivity index (χ1v) is 8.48. The summed E-state index contributed by atoms with van der Waals surface area (Å²) in [7, 11) is 0. The van der Waals surface area contributed by atoms with E-state index in [1.807, 2.05) is 4.90 Å². The molecule has 1 fully saturated rings. The van der Waals surface area contributed by atoms with Gasteiger partial charge in [-0.2, -0.15) is 13.2 Å². The zero-order chi connectivity index (χ0) is 20.3. The summed E-state index contributed by atoms with van der Waals surface area (Å²) in [6, 6.07) is 8.05. The number of alkyl halides is 3. The summed E-state index contributed by atoms with van der Waals surface area (Å²) in [4.78, 5) is 31.0. The van der Waals surface area contributed by atoms with Gasteiger partial charge in [-0.15, -0.1) is 0 Å². The Kier molecular flexibility index (Phi) is 5.39. The predicted octanol–water partition coefficient (Wildman–Crippen LogP) is 2.55. The molecular weight excluding hydrogens is 375 g/mol. The van der Waals surface area contributed by atoms with Gasteiger partial charge < -0.3 is 20.9 Å². The quantitative estimate of drug-likeness (QED) is 0.839. The SMILES string of the molecule is NC(=O)Nc1cccc(C(=O)N2CCN(c3ccc(C(F)(F)F)cn3)CC2)c1. The largest absolute Gasteiger partial charge is 0.417 e. The van der Waals surface area contributed by atoms with Gasteiger partial charge in [0.2, 0.25) is 0 Å². The van der Waals surface area contributed by atoms with Crippen LogP contribution in [-0.2, 0) is 6.18 Å². The number of carbonyl (C=O) groups is 2. The third-order valence-electron chi connectivity index (χ3n) is 4.34. The lowest BCUT2D eigenvalue weighted by molar-refractivity contribution is -0.137. The maximum absolute atomic E-state index is 12.7. The van der Waals surface area contributed by atoms with Crippen LogP contribution in [0.25, 0.3) is 0 Å². The van der Waals surface area contributed by atoms with Crippen molar-refractivity contribution in [2.24, 2.45) is 5.73 Å².